The summed E-state index contributed by atoms with van der Waals surface area (Å²) in [6.07, 6.45) is 1.93. The third-order valence-electron chi connectivity index (χ3n) is 3.82. The van der Waals surface area contributed by atoms with E-state index in [1.54, 1.807) is 43.3 Å². The summed E-state index contributed by atoms with van der Waals surface area (Å²) in [6.45, 7) is 2.22. The number of furan rings is 1. The molecule has 3 rings (SSSR count). The Labute approximate surface area is 161 Å². The number of hydrogen-bond acceptors (Lipinski definition) is 6. The van der Waals surface area contributed by atoms with Gasteiger partial charge in [-0.2, -0.15) is 0 Å². The summed E-state index contributed by atoms with van der Waals surface area (Å²) in [4.78, 5) is 26.3. The van der Waals surface area contributed by atoms with Gasteiger partial charge in [0.1, 0.15) is 22.8 Å². The lowest BCUT2D eigenvalue weighted by molar-refractivity contribution is -0.122. The number of anilines is 1. The molecule has 0 unspecified atom stereocenters. The molecule has 2 amide bonds. The van der Waals surface area contributed by atoms with Crippen molar-refractivity contribution in [2.45, 2.75) is 13.3 Å². The molecule has 0 radical (unpaired) electrons. The molecule has 0 bridgehead atoms. The fourth-order valence-electron chi connectivity index (χ4n) is 2.51. The quantitative estimate of drug-likeness (QED) is 0.342. The first-order valence-corrected chi connectivity index (χ1v) is 8.72. The van der Waals surface area contributed by atoms with Gasteiger partial charge in [0.05, 0.1) is 12.3 Å². The van der Waals surface area contributed by atoms with Crippen molar-refractivity contribution in [1.82, 2.24) is 5.32 Å². The highest BCUT2D eigenvalue weighted by molar-refractivity contribution is 7.80. The van der Waals surface area contributed by atoms with Gasteiger partial charge in [0.15, 0.2) is 5.11 Å². The number of nitrogens with one attached hydrogen (secondary N) is 1. The number of nitrogens with zero attached hydrogens (tertiary/aromatic N) is 1. The molecule has 7 nitrogen and oxygen atoms in total. The van der Waals surface area contributed by atoms with Crippen molar-refractivity contribution in [1.29, 1.82) is 0 Å². The first kappa shape index (κ1) is 18.8. The lowest BCUT2D eigenvalue weighted by Crippen LogP contribution is -2.54. The largest absolute Gasteiger partial charge is 0.494 e. The van der Waals surface area contributed by atoms with Gasteiger partial charge in [-0.25, -0.2) is 0 Å². The third kappa shape index (κ3) is 4.24. The highest BCUT2D eigenvalue weighted by Crippen LogP contribution is 2.24. The number of hydrogen-bond donors (Lipinski definition) is 2. The number of thiocarbonyl (C=S) groups is 1. The van der Waals surface area contributed by atoms with Gasteiger partial charge in [-0.05, 0) is 61.6 Å². The van der Waals surface area contributed by atoms with Crippen LogP contribution in [0.25, 0.3) is 6.08 Å². The second-order valence-corrected chi connectivity index (χ2v) is 6.21. The molecule has 140 valence electrons. The van der Waals surface area contributed by atoms with Gasteiger partial charge < -0.3 is 14.3 Å². The number of ether oxygens (including phenoxy) is 1. The Morgan fingerprint density at radius 3 is 2.59 bits per heavy atom. The van der Waals surface area contributed by atoms with Crippen molar-refractivity contribution in [2.75, 3.05) is 18.1 Å². The second-order valence-electron chi connectivity index (χ2n) is 5.83. The van der Waals surface area contributed by atoms with Gasteiger partial charge in [0.2, 0.25) is 0 Å². The molecule has 27 heavy (non-hydrogen) atoms. The third-order valence-corrected chi connectivity index (χ3v) is 4.10. The smallest absolute Gasteiger partial charge is 0.270 e. The Bertz CT molecular complexity index is 901. The minimum atomic E-state index is -0.570. The van der Waals surface area contributed by atoms with Crippen LogP contribution in [-0.2, 0) is 9.59 Å². The van der Waals surface area contributed by atoms with Crippen LogP contribution in [-0.4, -0.2) is 35.2 Å². The highest BCUT2D eigenvalue weighted by Gasteiger charge is 2.34. The predicted octanol–water partition coefficient (Wildman–Crippen LogP) is 2.18. The van der Waals surface area contributed by atoms with Crippen molar-refractivity contribution >= 4 is 40.9 Å². The molecule has 1 aliphatic rings. The van der Waals surface area contributed by atoms with E-state index in [0.29, 0.717) is 36.0 Å². The molecule has 0 spiro atoms. The number of carbonyl (C=O) groups is 2. The fraction of sp³-hybridized carbons (Fsp3) is 0.211. The van der Waals surface area contributed by atoms with Crippen LogP contribution in [0.5, 0.6) is 5.75 Å². The van der Waals surface area contributed by atoms with E-state index in [0.717, 1.165) is 0 Å². The minimum Gasteiger partial charge on any atom is -0.494 e. The zero-order valence-electron chi connectivity index (χ0n) is 14.6. The van der Waals surface area contributed by atoms with Crippen molar-refractivity contribution in [2.24, 2.45) is 0 Å². The zero-order valence-corrected chi connectivity index (χ0v) is 15.4. The molecule has 2 N–H and O–H groups in total. The molecular weight excluding hydrogens is 368 g/mol. The molecule has 2 heterocycles. The van der Waals surface area contributed by atoms with E-state index in [2.05, 4.69) is 5.32 Å². The molecule has 1 saturated heterocycles. The molecular formula is C19H18N2O5S. The minimum absolute atomic E-state index is 0.00623. The van der Waals surface area contributed by atoms with Gasteiger partial charge in [0.25, 0.3) is 11.8 Å². The number of amides is 2. The fourth-order valence-corrected chi connectivity index (χ4v) is 2.79. The topological polar surface area (TPSA) is 92.0 Å². The number of benzene rings is 1. The van der Waals surface area contributed by atoms with E-state index in [1.165, 1.54) is 11.0 Å². The van der Waals surface area contributed by atoms with E-state index in [-0.39, 0.29) is 17.3 Å². The Morgan fingerprint density at radius 1 is 1.22 bits per heavy atom. The number of rotatable bonds is 6. The maximum absolute atomic E-state index is 12.9. The molecule has 1 aliphatic heterocycles. The molecule has 0 saturated carbocycles. The van der Waals surface area contributed by atoms with Crippen molar-refractivity contribution in [3.05, 3.63) is 53.5 Å². The molecule has 2 aromatic rings. The van der Waals surface area contributed by atoms with Crippen molar-refractivity contribution in [3.63, 3.8) is 0 Å². The normalized spacial score (nSPS) is 16.0. The maximum Gasteiger partial charge on any atom is 0.270 e. The highest BCUT2D eigenvalue weighted by atomic mass is 32.1. The van der Waals surface area contributed by atoms with Crippen molar-refractivity contribution in [3.8, 4) is 5.75 Å². The van der Waals surface area contributed by atoms with Crippen LogP contribution in [0.4, 0.5) is 5.69 Å². The van der Waals surface area contributed by atoms with Gasteiger partial charge in [0, 0.05) is 13.0 Å². The summed E-state index contributed by atoms with van der Waals surface area (Å²) in [6, 6.07) is 10.2. The summed E-state index contributed by atoms with van der Waals surface area (Å²) in [5.41, 5.74) is 0.433. The van der Waals surface area contributed by atoms with Crippen molar-refractivity contribution < 1.29 is 23.8 Å². The number of aliphatic hydroxyl groups is 1. The lowest BCUT2D eigenvalue weighted by atomic mass is 10.1. The van der Waals surface area contributed by atoms with Crippen LogP contribution in [0.3, 0.4) is 0 Å². The van der Waals surface area contributed by atoms with E-state index in [9.17, 15) is 9.59 Å². The van der Waals surface area contributed by atoms with E-state index in [1.807, 2.05) is 0 Å². The Kier molecular flexibility index (Phi) is 5.68. The first-order chi connectivity index (χ1) is 13.0. The summed E-state index contributed by atoms with van der Waals surface area (Å²) >= 11 is 5.17. The van der Waals surface area contributed by atoms with Crippen LogP contribution < -0.4 is 15.0 Å². The number of aliphatic hydroxyl groups excluding tert-OH is 1. The van der Waals surface area contributed by atoms with E-state index >= 15 is 0 Å². The van der Waals surface area contributed by atoms with Crippen LogP contribution in [0.15, 0.2) is 46.4 Å². The van der Waals surface area contributed by atoms with Gasteiger partial charge in [-0.3, -0.25) is 19.8 Å². The standard InChI is InChI=1S/C19H18N2O5S/c1-12-3-6-15(26-12)11-16-17(23)20-19(27)21(18(16)24)13-4-7-14(8-5-13)25-10-2-9-22/h3-8,11,22H,2,9-10H2,1H3,(H,20,23,27). The first-order valence-electron chi connectivity index (χ1n) is 8.31. The van der Waals surface area contributed by atoms with Crippen LogP contribution in [0, 0.1) is 6.92 Å². The molecule has 0 atom stereocenters. The molecule has 0 aliphatic carbocycles. The average molecular weight is 386 g/mol. The van der Waals surface area contributed by atoms with Crippen LogP contribution in [0.2, 0.25) is 0 Å². The lowest BCUT2D eigenvalue weighted by Gasteiger charge is -2.28. The SMILES string of the molecule is Cc1ccc(C=C2C(=O)NC(=S)N(c3ccc(OCCCO)cc3)C2=O)o1. The monoisotopic (exact) mass is 386 g/mol. The molecule has 1 aromatic carbocycles. The Morgan fingerprint density at radius 2 is 1.96 bits per heavy atom. The summed E-state index contributed by atoms with van der Waals surface area (Å²) < 4.78 is 10.9. The second kappa shape index (κ2) is 8.15. The van der Waals surface area contributed by atoms with Gasteiger partial charge in [-0.1, -0.05) is 0 Å². The molecule has 1 fully saturated rings. The summed E-state index contributed by atoms with van der Waals surface area (Å²) in [5.74, 6) is 0.584. The maximum atomic E-state index is 12.9. The van der Waals surface area contributed by atoms with Gasteiger partial charge >= 0.3 is 0 Å². The van der Waals surface area contributed by atoms with Crippen LogP contribution in [0.1, 0.15) is 17.9 Å². The number of carbonyl (C=O) groups excluding carboxylic acids is 2. The Balaban J connectivity index is 1.84. The van der Waals surface area contributed by atoms with Gasteiger partial charge in [-0.15, -0.1) is 0 Å². The van der Waals surface area contributed by atoms with E-state index < -0.39 is 11.8 Å². The molecule has 1 aromatic heterocycles. The Hall–Kier alpha value is -2.97. The van der Waals surface area contributed by atoms with E-state index in [4.69, 9.17) is 26.5 Å². The number of aryl methyl sites for hydroxylation is 1. The average Bonchev–Trinajstić information content (AvgIpc) is 3.05. The summed E-state index contributed by atoms with van der Waals surface area (Å²) in [7, 11) is 0. The predicted molar refractivity (Wildman–Crippen MR) is 103 cm³/mol. The van der Waals surface area contributed by atoms with Crippen LogP contribution >= 0.6 is 12.2 Å². The summed E-state index contributed by atoms with van der Waals surface area (Å²) in [5, 5.41) is 11.3. The molecule has 8 heteroatoms. The zero-order chi connectivity index (χ0) is 19.4.